The van der Waals surface area contributed by atoms with E-state index in [2.05, 4.69) is 4.90 Å². The molecular weight excluding hydrogens is 330 g/mol. The van der Waals surface area contributed by atoms with Gasteiger partial charge in [0.25, 0.3) is 0 Å². The molecule has 1 aromatic rings. The van der Waals surface area contributed by atoms with Crippen LogP contribution in [-0.4, -0.2) is 54.7 Å². The van der Waals surface area contributed by atoms with Crippen LogP contribution in [0.2, 0.25) is 0 Å². The average molecular weight is 350 g/mol. The number of benzene rings is 1. The van der Waals surface area contributed by atoms with Gasteiger partial charge in [0.15, 0.2) is 0 Å². The largest absolute Gasteiger partial charge is 0.366 e. The van der Waals surface area contributed by atoms with E-state index >= 15 is 0 Å². The number of rotatable bonds is 3. The number of anilines is 2. The summed E-state index contributed by atoms with van der Waals surface area (Å²) in [6.45, 7) is 4.68. The summed E-state index contributed by atoms with van der Waals surface area (Å²) in [5.41, 5.74) is 1.76. The van der Waals surface area contributed by atoms with Crippen molar-refractivity contribution in [2.75, 3.05) is 42.5 Å². The average Bonchev–Trinajstić information content (AvgIpc) is 2.97. The quantitative estimate of drug-likeness (QED) is 0.775. The van der Waals surface area contributed by atoms with E-state index in [-0.39, 0.29) is 18.2 Å². The van der Waals surface area contributed by atoms with E-state index < -0.39 is 11.2 Å². The highest BCUT2D eigenvalue weighted by Crippen LogP contribution is 2.34. The van der Waals surface area contributed by atoms with Crippen LogP contribution < -0.4 is 9.80 Å². The van der Waals surface area contributed by atoms with Gasteiger partial charge in [0, 0.05) is 46.1 Å². The van der Waals surface area contributed by atoms with E-state index in [1.165, 1.54) is 0 Å². The summed E-state index contributed by atoms with van der Waals surface area (Å²) >= 11 is 5.57. The van der Waals surface area contributed by atoms with Crippen LogP contribution in [0.5, 0.6) is 0 Å². The molecule has 7 heteroatoms. The summed E-state index contributed by atoms with van der Waals surface area (Å²) in [4.78, 5) is 40.8. The molecule has 0 N–H and O–H groups in total. The van der Waals surface area contributed by atoms with E-state index in [0.29, 0.717) is 19.6 Å². The first-order valence-corrected chi connectivity index (χ1v) is 8.44. The number of halogens is 1. The van der Waals surface area contributed by atoms with E-state index in [1.54, 1.807) is 11.8 Å². The number of carbonyl (C=O) groups is 3. The van der Waals surface area contributed by atoms with Gasteiger partial charge in [-0.05, 0) is 23.7 Å². The highest BCUT2D eigenvalue weighted by molar-refractivity contribution is 6.64. The van der Waals surface area contributed by atoms with Gasteiger partial charge in [0.2, 0.25) is 17.1 Å². The number of carbonyl (C=O) groups excluding carboxylic acids is 3. The molecule has 128 valence electrons. The molecule has 2 amide bonds. The Labute approximate surface area is 146 Å². The number of nitrogens with zero attached hydrogens (tertiary/aromatic N) is 3. The van der Waals surface area contributed by atoms with E-state index in [4.69, 9.17) is 11.6 Å². The zero-order valence-corrected chi connectivity index (χ0v) is 14.3. The van der Waals surface area contributed by atoms with E-state index in [9.17, 15) is 14.4 Å². The Hall–Kier alpha value is -2.08. The lowest BCUT2D eigenvalue weighted by molar-refractivity contribution is -0.129. The topological polar surface area (TPSA) is 60.9 Å². The summed E-state index contributed by atoms with van der Waals surface area (Å²) in [7, 11) is 0. The van der Waals surface area contributed by atoms with Crippen molar-refractivity contribution in [1.29, 1.82) is 0 Å². The molecule has 0 bridgehead atoms. The van der Waals surface area contributed by atoms with Gasteiger partial charge >= 0.3 is 0 Å². The molecule has 6 nitrogen and oxygen atoms in total. The van der Waals surface area contributed by atoms with E-state index in [0.717, 1.165) is 24.5 Å². The summed E-state index contributed by atoms with van der Waals surface area (Å²) in [6.07, 6.45) is 0.161. The third-order valence-corrected chi connectivity index (χ3v) is 4.99. The van der Waals surface area contributed by atoms with Crippen LogP contribution in [-0.2, 0) is 14.4 Å². The SMILES string of the molecule is CC(=O)N1CCN(c2ccccc2N2CC(C(=O)Cl)CC2=O)CC1. The molecule has 2 saturated heterocycles. The Morgan fingerprint density at radius 3 is 2.25 bits per heavy atom. The van der Waals surface area contributed by atoms with Gasteiger partial charge in [-0.1, -0.05) is 12.1 Å². The summed E-state index contributed by atoms with van der Waals surface area (Å²) < 4.78 is 0. The minimum atomic E-state index is -0.460. The Kier molecular flexibility index (Phi) is 4.76. The molecule has 2 aliphatic heterocycles. The minimum absolute atomic E-state index is 0.0798. The van der Waals surface area contributed by atoms with Crippen molar-refractivity contribution >= 4 is 40.0 Å². The third kappa shape index (κ3) is 3.24. The normalized spacial score (nSPS) is 21.3. The summed E-state index contributed by atoms with van der Waals surface area (Å²) in [5, 5.41) is -0.460. The molecule has 2 heterocycles. The first-order valence-electron chi connectivity index (χ1n) is 8.06. The van der Waals surface area contributed by atoms with Gasteiger partial charge in [0.05, 0.1) is 17.3 Å². The maximum absolute atomic E-state index is 12.3. The predicted molar refractivity (Wildman–Crippen MR) is 92.2 cm³/mol. The summed E-state index contributed by atoms with van der Waals surface area (Å²) in [5.74, 6) is -0.438. The maximum atomic E-state index is 12.3. The second-order valence-electron chi connectivity index (χ2n) is 6.19. The van der Waals surface area contributed by atoms with Crippen LogP contribution in [0.3, 0.4) is 0 Å². The van der Waals surface area contributed by atoms with Gasteiger partial charge in [-0.25, -0.2) is 0 Å². The monoisotopic (exact) mass is 349 g/mol. The molecule has 24 heavy (non-hydrogen) atoms. The standard InChI is InChI=1S/C17H20ClN3O3/c1-12(22)19-6-8-20(9-7-19)14-4-2-3-5-15(14)21-11-13(17(18)24)10-16(21)23/h2-5,13H,6-11H2,1H3. The van der Waals surface area contributed by atoms with Crippen molar-refractivity contribution in [3.63, 3.8) is 0 Å². The lowest BCUT2D eigenvalue weighted by atomic mass is 10.1. The minimum Gasteiger partial charge on any atom is -0.366 e. The number of piperazine rings is 1. The molecule has 1 unspecified atom stereocenters. The van der Waals surface area contributed by atoms with Crippen LogP contribution in [0.1, 0.15) is 13.3 Å². The Bertz CT molecular complexity index is 671. The zero-order valence-electron chi connectivity index (χ0n) is 13.6. The number of para-hydroxylation sites is 2. The molecule has 0 aliphatic carbocycles. The third-order valence-electron chi connectivity index (χ3n) is 4.68. The Balaban J connectivity index is 1.81. The molecule has 2 aliphatic rings. The molecule has 3 rings (SSSR count). The lowest BCUT2D eigenvalue weighted by Gasteiger charge is -2.37. The molecule has 0 aromatic heterocycles. The molecule has 0 spiro atoms. The first kappa shape index (κ1) is 16.8. The van der Waals surface area contributed by atoms with Crippen molar-refractivity contribution in [3.05, 3.63) is 24.3 Å². The van der Waals surface area contributed by atoms with Crippen molar-refractivity contribution < 1.29 is 14.4 Å². The first-order chi connectivity index (χ1) is 11.5. The highest BCUT2D eigenvalue weighted by atomic mass is 35.5. The zero-order chi connectivity index (χ0) is 17.3. The fraction of sp³-hybridized carbons (Fsp3) is 0.471. The smallest absolute Gasteiger partial charge is 0.227 e. The second kappa shape index (κ2) is 6.81. The highest BCUT2D eigenvalue weighted by Gasteiger charge is 2.36. The number of amides is 2. The van der Waals surface area contributed by atoms with Crippen molar-refractivity contribution in [1.82, 2.24) is 4.90 Å². The van der Waals surface area contributed by atoms with Crippen molar-refractivity contribution in [3.8, 4) is 0 Å². The fourth-order valence-electron chi connectivity index (χ4n) is 3.31. The van der Waals surface area contributed by atoms with Crippen LogP contribution in [0, 0.1) is 5.92 Å². The predicted octanol–water partition coefficient (Wildman–Crippen LogP) is 1.47. The molecular formula is C17H20ClN3O3. The van der Waals surface area contributed by atoms with Gasteiger partial charge in [-0.15, -0.1) is 0 Å². The lowest BCUT2D eigenvalue weighted by Crippen LogP contribution is -2.48. The van der Waals surface area contributed by atoms with Gasteiger partial charge in [-0.2, -0.15) is 0 Å². The van der Waals surface area contributed by atoms with Gasteiger partial charge in [0.1, 0.15) is 0 Å². The number of hydrogen-bond donors (Lipinski definition) is 0. The molecule has 1 aromatic carbocycles. The molecule has 2 fully saturated rings. The summed E-state index contributed by atoms with van der Waals surface area (Å²) in [6, 6.07) is 7.68. The van der Waals surface area contributed by atoms with Crippen LogP contribution in [0.25, 0.3) is 0 Å². The maximum Gasteiger partial charge on any atom is 0.227 e. The number of hydrogen-bond acceptors (Lipinski definition) is 4. The molecule has 0 saturated carbocycles. The molecule has 0 radical (unpaired) electrons. The van der Waals surface area contributed by atoms with Crippen molar-refractivity contribution in [2.45, 2.75) is 13.3 Å². The Morgan fingerprint density at radius 1 is 1.08 bits per heavy atom. The Morgan fingerprint density at radius 2 is 1.71 bits per heavy atom. The van der Waals surface area contributed by atoms with Crippen molar-refractivity contribution in [2.24, 2.45) is 5.92 Å². The van der Waals surface area contributed by atoms with Crippen LogP contribution >= 0.6 is 11.6 Å². The van der Waals surface area contributed by atoms with Gasteiger partial charge < -0.3 is 14.7 Å². The fourth-order valence-corrected chi connectivity index (χ4v) is 3.46. The van der Waals surface area contributed by atoms with Crippen LogP contribution in [0.4, 0.5) is 11.4 Å². The van der Waals surface area contributed by atoms with Gasteiger partial charge in [-0.3, -0.25) is 14.4 Å². The second-order valence-corrected chi connectivity index (χ2v) is 6.56. The van der Waals surface area contributed by atoms with Crippen LogP contribution in [0.15, 0.2) is 24.3 Å². The van der Waals surface area contributed by atoms with E-state index in [1.807, 2.05) is 29.2 Å². The molecule has 1 atom stereocenters.